The molecule has 0 aliphatic heterocycles. The maximum absolute atomic E-state index is 12.8. The summed E-state index contributed by atoms with van der Waals surface area (Å²) in [5, 5.41) is 0. The zero-order valence-corrected chi connectivity index (χ0v) is 13.6. The molecule has 17 heavy (non-hydrogen) atoms. The first-order valence-corrected chi connectivity index (χ1v) is 6.66. The fourth-order valence-electron chi connectivity index (χ4n) is 2.62. The van der Waals surface area contributed by atoms with E-state index >= 15 is 0 Å². The molecule has 0 aliphatic rings. The maximum atomic E-state index is 12.8. The molecular weight excluding hydrogens is 208 g/mol. The van der Waals surface area contributed by atoms with Gasteiger partial charge in [-0.25, -0.2) is 0 Å². The van der Waals surface area contributed by atoms with Crippen molar-refractivity contribution in [1.29, 1.82) is 0 Å². The van der Waals surface area contributed by atoms with E-state index in [-0.39, 0.29) is 21.7 Å². The van der Waals surface area contributed by atoms with Gasteiger partial charge in [-0.2, -0.15) is 0 Å². The third-order valence-electron chi connectivity index (χ3n) is 4.25. The fraction of sp³-hybridized carbons (Fsp3) is 0.938. The molecule has 0 N–H and O–H groups in total. The predicted octanol–water partition coefficient (Wildman–Crippen LogP) is 5.09. The van der Waals surface area contributed by atoms with Gasteiger partial charge in [0.1, 0.15) is 5.78 Å². The first-order valence-electron chi connectivity index (χ1n) is 6.66. The summed E-state index contributed by atoms with van der Waals surface area (Å²) in [4.78, 5) is 12.8. The molecule has 0 fully saturated rings. The van der Waals surface area contributed by atoms with E-state index in [2.05, 4.69) is 69.2 Å². The van der Waals surface area contributed by atoms with Gasteiger partial charge in [-0.1, -0.05) is 69.2 Å². The summed E-state index contributed by atoms with van der Waals surface area (Å²) in [5.74, 6) is 0.394. The molecule has 0 aromatic heterocycles. The third-order valence-corrected chi connectivity index (χ3v) is 4.25. The second-order valence-electron chi connectivity index (χ2n) is 8.79. The molecule has 0 aliphatic carbocycles. The monoisotopic (exact) mass is 240 g/mol. The maximum Gasteiger partial charge on any atom is 0.140 e. The minimum atomic E-state index is -0.298. The van der Waals surface area contributed by atoms with E-state index in [0.29, 0.717) is 12.2 Å². The lowest BCUT2D eigenvalue weighted by atomic mass is 9.52. The Balaban J connectivity index is 5.46. The van der Waals surface area contributed by atoms with Gasteiger partial charge in [0.25, 0.3) is 0 Å². The number of hydrogen-bond acceptors (Lipinski definition) is 1. The molecular formula is C16H32O. The van der Waals surface area contributed by atoms with Gasteiger partial charge in [-0.05, 0) is 16.2 Å². The molecule has 0 saturated heterocycles. The van der Waals surface area contributed by atoms with E-state index in [1.54, 1.807) is 0 Å². The minimum Gasteiger partial charge on any atom is -0.299 e. The van der Waals surface area contributed by atoms with Gasteiger partial charge in [0.05, 0.1) is 0 Å². The van der Waals surface area contributed by atoms with Crippen molar-refractivity contribution in [3.63, 3.8) is 0 Å². The first kappa shape index (κ1) is 16.7. The second-order valence-corrected chi connectivity index (χ2v) is 8.79. The van der Waals surface area contributed by atoms with Crippen LogP contribution in [0.2, 0.25) is 0 Å². The third kappa shape index (κ3) is 3.56. The molecule has 0 aromatic carbocycles. The number of carbonyl (C=O) groups is 1. The molecule has 0 saturated carbocycles. The van der Waals surface area contributed by atoms with Crippen molar-refractivity contribution in [2.45, 2.75) is 75.7 Å². The van der Waals surface area contributed by atoms with Crippen molar-refractivity contribution < 1.29 is 4.79 Å². The summed E-state index contributed by atoms with van der Waals surface area (Å²) in [5.41, 5.74) is -0.275. The van der Waals surface area contributed by atoms with Crippen LogP contribution in [0.3, 0.4) is 0 Å². The molecule has 0 spiro atoms. The van der Waals surface area contributed by atoms with Crippen LogP contribution in [0, 0.1) is 21.7 Å². The Kier molecular flexibility index (Phi) is 4.32. The Labute approximate surface area is 108 Å². The summed E-state index contributed by atoms with van der Waals surface area (Å²) in [6, 6.07) is 0. The van der Waals surface area contributed by atoms with E-state index in [4.69, 9.17) is 0 Å². The van der Waals surface area contributed by atoms with E-state index in [1.807, 2.05) is 0 Å². The van der Waals surface area contributed by atoms with Gasteiger partial charge in [-0.3, -0.25) is 4.79 Å². The standard InChI is InChI=1S/C16H32O/c1-13(2,3)11-12(17)16(10,14(4,5)6)15(7,8)9/h11H2,1-10H3. The Hall–Kier alpha value is -0.330. The summed E-state index contributed by atoms with van der Waals surface area (Å²) < 4.78 is 0. The lowest BCUT2D eigenvalue weighted by Crippen LogP contribution is -2.50. The average molecular weight is 240 g/mol. The Bertz CT molecular complexity index is 264. The van der Waals surface area contributed by atoms with Gasteiger partial charge in [0.15, 0.2) is 0 Å². The van der Waals surface area contributed by atoms with Crippen LogP contribution < -0.4 is 0 Å². The lowest BCUT2D eigenvalue weighted by molar-refractivity contribution is -0.145. The van der Waals surface area contributed by atoms with Gasteiger partial charge in [0, 0.05) is 11.8 Å². The van der Waals surface area contributed by atoms with Gasteiger partial charge in [-0.15, -0.1) is 0 Å². The van der Waals surface area contributed by atoms with Crippen molar-refractivity contribution in [3.05, 3.63) is 0 Å². The lowest BCUT2D eigenvalue weighted by Gasteiger charge is -2.51. The molecule has 1 nitrogen and oxygen atoms in total. The SMILES string of the molecule is CC(C)(C)CC(=O)C(C)(C(C)(C)C)C(C)(C)C. The smallest absolute Gasteiger partial charge is 0.140 e. The summed E-state index contributed by atoms with van der Waals surface area (Å²) in [7, 11) is 0. The number of carbonyl (C=O) groups excluding carboxylic acids is 1. The Morgan fingerprint density at radius 3 is 1.18 bits per heavy atom. The van der Waals surface area contributed by atoms with Crippen molar-refractivity contribution >= 4 is 5.78 Å². The molecule has 0 unspecified atom stereocenters. The van der Waals surface area contributed by atoms with Gasteiger partial charge >= 0.3 is 0 Å². The van der Waals surface area contributed by atoms with E-state index in [9.17, 15) is 4.79 Å². The van der Waals surface area contributed by atoms with Crippen LogP contribution in [0.4, 0.5) is 0 Å². The Morgan fingerprint density at radius 2 is 1.00 bits per heavy atom. The highest BCUT2D eigenvalue weighted by atomic mass is 16.1. The second kappa shape index (κ2) is 4.40. The minimum absolute atomic E-state index is 0.0203. The van der Waals surface area contributed by atoms with E-state index < -0.39 is 0 Å². The highest BCUT2D eigenvalue weighted by Gasteiger charge is 2.52. The van der Waals surface area contributed by atoms with Crippen LogP contribution in [0.5, 0.6) is 0 Å². The first-order chi connectivity index (χ1) is 7.13. The molecule has 0 atom stereocenters. The molecule has 0 heterocycles. The summed E-state index contributed by atoms with van der Waals surface area (Å²) >= 11 is 0. The highest BCUT2D eigenvalue weighted by Crippen LogP contribution is 2.53. The van der Waals surface area contributed by atoms with Crippen molar-refractivity contribution in [1.82, 2.24) is 0 Å². The molecule has 0 aromatic rings. The predicted molar refractivity (Wildman–Crippen MR) is 76.1 cm³/mol. The number of rotatable bonds is 2. The normalized spacial score (nSPS) is 14.9. The van der Waals surface area contributed by atoms with Crippen LogP contribution in [-0.2, 0) is 4.79 Å². The molecule has 102 valence electrons. The van der Waals surface area contributed by atoms with Crippen molar-refractivity contribution in [2.24, 2.45) is 21.7 Å². The van der Waals surface area contributed by atoms with E-state index in [0.717, 1.165) is 0 Å². The van der Waals surface area contributed by atoms with Gasteiger partial charge in [0.2, 0.25) is 0 Å². The zero-order chi connectivity index (χ0) is 14.3. The number of Topliss-reactive ketones (excluding diaryl/α,β-unsaturated/α-hetero) is 1. The summed E-state index contributed by atoms with van der Waals surface area (Å²) in [6.45, 7) is 21.6. The van der Waals surface area contributed by atoms with Crippen LogP contribution >= 0.6 is 0 Å². The molecule has 0 bridgehead atoms. The molecule has 0 amide bonds. The Morgan fingerprint density at radius 1 is 0.706 bits per heavy atom. The molecule has 1 heteroatoms. The van der Waals surface area contributed by atoms with Gasteiger partial charge < -0.3 is 0 Å². The highest BCUT2D eigenvalue weighted by molar-refractivity contribution is 5.86. The van der Waals surface area contributed by atoms with Crippen molar-refractivity contribution in [3.8, 4) is 0 Å². The number of ketones is 1. The molecule has 0 rings (SSSR count). The fourth-order valence-corrected chi connectivity index (χ4v) is 2.62. The van der Waals surface area contributed by atoms with Crippen LogP contribution in [0.25, 0.3) is 0 Å². The topological polar surface area (TPSA) is 17.1 Å². The van der Waals surface area contributed by atoms with Crippen molar-refractivity contribution in [2.75, 3.05) is 0 Å². The van der Waals surface area contributed by atoms with Crippen LogP contribution in [0.1, 0.15) is 75.7 Å². The number of hydrogen-bond donors (Lipinski definition) is 0. The largest absolute Gasteiger partial charge is 0.299 e. The van der Waals surface area contributed by atoms with Crippen LogP contribution in [-0.4, -0.2) is 5.78 Å². The zero-order valence-electron chi connectivity index (χ0n) is 13.6. The van der Waals surface area contributed by atoms with Crippen LogP contribution in [0.15, 0.2) is 0 Å². The van der Waals surface area contributed by atoms with E-state index in [1.165, 1.54) is 0 Å². The summed E-state index contributed by atoms with van der Waals surface area (Å²) in [6.07, 6.45) is 0.651. The molecule has 0 radical (unpaired) electrons. The average Bonchev–Trinajstić information content (AvgIpc) is 1.94. The quantitative estimate of drug-likeness (QED) is 0.657.